The highest BCUT2D eigenvalue weighted by Gasteiger charge is 2.24. The van der Waals surface area contributed by atoms with Crippen molar-refractivity contribution in [1.82, 2.24) is 0 Å². The van der Waals surface area contributed by atoms with E-state index in [0.29, 0.717) is 17.2 Å². The Morgan fingerprint density at radius 2 is 1.74 bits per heavy atom. The predicted octanol–water partition coefficient (Wildman–Crippen LogP) is 2.15. The molecule has 3 rings (SSSR count). The van der Waals surface area contributed by atoms with E-state index in [9.17, 15) is 18.5 Å². The van der Waals surface area contributed by atoms with Gasteiger partial charge in [-0.05, 0) is 24.3 Å². The van der Waals surface area contributed by atoms with Crippen LogP contribution in [-0.2, 0) is 10.0 Å². The van der Waals surface area contributed by atoms with Gasteiger partial charge < -0.3 is 9.47 Å². The lowest BCUT2D eigenvalue weighted by Crippen LogP contribution is -2.26. The number of nitro groups is 1. The summed E-state index contributed by atoms with van der Waals surface area (Å²) in [6, 6.07) is 9.50. The maximum absolute atomic E-state index is 12.6. The Kier molecular flexibility index (Phi) is 3.57. The molecule has 2 aromatic carbocycles. The van der Waals surface area contributed by atoms with Crippen molar-refractivity contribution >= 4 is 21.4 Å². The van der Waals surface area contributed by atoms with Crippen LogP contribution in [0.3, 0.4) is 0 Å². The number of nitro benzene ring substituents is 1. The number of rotatable bonds is 4. The molecule has 1 aliphatic rings. The minimum Gasteiger partial charge on any atom is -0.454 e. The van der Waals surface area contributed by atoms with Crippen LogP contribution >= 0.6 is 0 Å². The third kappa shape index (κ3) is 2.66. The highest BCUT2D eigenvalue weighted by molar-refractivity contribution is 7.92. The molecule has 0 amide bonds. The van der Waals surface area contributed by atoms with Crippen LogP contribution in [0.25, 0.3) is 0 Å². The largest absolute Gasteiger partial charge is 0.454 e. The van der Waals surface area contributed by atoms with Crippen molar-refractivity contribution in [3.63, 3.8) is 0 Å². The number of ether oxygens (including phenoxy) is 2. The van der Waals surface area contributed by atoms with Crippen molar-refractivity contribution in [2.75, 3.05) is 18.1 Å². The van der Waals surface area contributed by atoms with E-state index in [4.69, 9.17) is 9.47 Å². The van der Waals surface area contributed by atoms with Crippen LogP contribution in [0.15, 0.2) is 47.4 Å². The number of anilines is 1. The molecule has 120 valence electrons. The first kappa shape index (κ1) is 15.1. The molecule has 0 atom stereocenters. The van der Waals surface area contributed by atoms with Gasteiger partial charge in [-0.15, -0.1) is 0 Å². The first-order valence-electron chi connectivity index (χ1n) is 6.52. The third-order valence-electron chi connectivity index (χ3n) is 3.43. The number of hydrogen-bond donors (Lipinski definition) is 0. The zero-order chi connectivity index (χ0) is 16.6. The normalized spacial score (nSPS) is 12.9. The Balaban J connectivity index is 1.93. The molecule has 23 heavy (non-hydrogen) atoms. The van der Waals surface area contributed by atoms with E-state index < -0.39 is 14.9 Å². The van der Waals surface area contributed by atoms with Crippen LogP contribution in [0.2, 0.25) is 0 Å². The monoisotopic (exact) mass is 336 g/mol. The highest BCUT2D eigenvalue weighted by Crippen LogP contribution is 2.36. The van der Waals surface area contributed by atoms with Crippen LogP contribution < -0.4 is 13.8 Å². The molecule has 0 spiro atoms. The number of hydrogen-bond acceptors (Lipinski definition) is 6. The number of non-ortho nitro benzene ring substituents is 1. The minimum atomic E-state index is -3.84. The van der Waals surface area contributed by atoms with Gasteiger partial charge in [0.2, 0.25) is 6.79 Å². The quantitative estimate of drug-likeness (QED) is 0.626. The van der Waals surface area contributed by atoms with Gasteiger partial charge in [0.1, 0.15) is 0 Å². The molecule has 0 aromatic heterocycles. The van der Waals surface area contributed by atoms with E-state index in [2.05, 4.69) is 0 Å². The van der Waals surface area contributed by atoms with Crippen molar-refractivity contribution in [2.45, 2.75) is 4.90 Å². The molecule has 0 N–H and O–H groups in total. The van der Waals surface area contributed by atoms with E-state index in [0.717, 1.165) is 16.4 Å². The van der Waals surface area contributed by atoms with Gasteiger partial charge in [0.25, 0.3) is 15.7 Å². The topological polar surface area (TPSA) is 99.0 Å². The highest BCUT2D eigenvalue weighted by atomic mass is 32.2. The molecule has 0 unspecified atom stereocenters. The molecule has 0 fully saturated rings. The molecule has 0 saturated heterocycles. The summed E-state index contributed by atoms with van der Waals surface area (Å²) < 4.78 is 36.7. The molecule has 0 bridgehead atoms. The van der Waals surface area contributed by atoms with Gasteiger partial charge >= 0.3 is 0 Å². The summed E-state index contributed by atoms with van der Waals surface area (Å²) in [5.41, 5.74) is 0.224. The second-order valence-electron chi connectivity index (χ2n) is 4.76. The summed E-state index contributed by atoms with van der Waals surface area (Å²) in [5.74, 6) is 1.02. The lowest BCUT2D eigenvalue weighted by atomic mass is 10.3. The lowest BCUT2D eigenvalue weighted by Gasteiger charge is -2.19. The second kappa shape index (κ2) is 5.43. The molecule has 2 aromatic rings. The lowest BCUT2D eigenvalue weighted by molar-refractivity contribution is -0.384. The number of fused-ring (bicyclic) bond motifs is 1. The molecule has 9 heteroatoms. The first-order valence-corrected chi connectivity index (χ1v) is 7.96. The van der Waals surface area contributed by atoms with Crippen molar-refractivity contribution in [1.29, 1.82) is 0 Å². The van der Waals surface area contributed by atoms with Crippen LogP contribution in [0.5, 0.6) is 11.5 Å². The summed E-state index contributed by atoms with van der Waals surface area (Å²) in [7, 11) is -2.44. The molecular formula is C14H12N2O6S. The standard InChI is InChI=1S/C14H12N2O6S/c1-15(11-4-7-13-14(8-11)22-9-21-13)23(19,20)12-5-2-10(3-6-12)16(17)18/h2-8H,9H2,1H3. The van der Waals surface area contributed by atoms with E-state index >= 15 is 0 Å². The molecule has 0 aliphatic carbocycles. The van der Waals surface area contributed by atoms with Gasteiger partial charge in [-0.3, -0.25) is 14.4 Å². The van der Waals surface area contributed by atoms with Crippen LogP contribution in [-0.4, -0.2) is 27.2 Å². The average Bonchev–Trinajstić information content (AvgIpc) is 3.01. The predicted molar refractivity (Wildman–Crippen MR) is 81.3 cm³/mol. The van der Waals surface area contributed by atoms with Crippen LogP contribution in [0.4, 0.5) is 11.4 Å². The molecule has 1 aliphatic heterocycles. The second-order valence-corrected chi connectivity index (χ2v) is 6.73. The third-order valence-corrected chi connectivity index (χ3v) is 5.23. The summed E-state index contributed by atoms with van der Waals surface area (Å²) in [4.78, 5) is 10.0. The van der Waals surface area contributed by atoms with Gasteiger partial charge in [-0.2, -0.15) is 0 Å². The average molecular weight is 336 g/mol. The number of sulfonamides is 1. The van der Waals surface area contributed by atoms with Gasteiger partial charge in [0.05, 0.1) is 15.5 Å². The molecule has 1 heterocycles. The molecular weight excluding hydrogens is 324 g/mol. The number of benzene rings is 2. The SMILES string of the molecule is CN(c1ccc2c(c1)OCO2)S(=O)(=O)c1ccc([N+](=O)[O-])cc1. The minimum absolute atomic E-state index is 0.0386. The Bertz CT molecular complexity index is 863. The van der Waals surface area contributed by atoms with Crippen molar-refractivity contribution in [2.24, 2.45) is 0 Å². The zero-order valence-electron chi connectivity index (χ0n) is 12.0. The molecule has 0 saturated carbocycles. The fourth-order valence-electron chi connectivity index (χ4n) is 2.12. The van der Waals surface area contributed by atoms with E-state index in [1.54, 1.807) is 18.2 Å². The molecule has 0 radical (unpaired) electrons. The number of nitrogens with zero attached hydrogens (tertiary/aromatic N) is 2. The van der Waals surface area contributed by atoms with E-state index in [1.165, 1.54) is 19.2 Å². The van der Waals surface area contributed by atoms with E-state index in [-0.39, 0.29) is 17.4 Å². The Labute approximate surface area is 132 Å². The van der Waals surface area contributed by atoms with Crippen molar-refractivity contribution < 1.29 is 22.8 Å². The van der Waals surface area contributed by atoms with Gasteiger partial charge in [0, 0.05) is 25.2 Å². The van der Waals surface area contributed by atoms with Crippen molar-refractivity contribution in [3.8, 4) is 11.5 Å². The fourth-order valence-corrected chi connectivity index (χ4v) is 3.31. The Morgan fingerprint density at radius 3 is 2.39 bits per heavy atom. The first-order chi connectivity index (χ1) is 10.9. The maximum atomic E-state index is 12.6. The smallest absolute Gasteiger partial charge is 0.269 e. The molecule has 8 nitrogen and oxygen atoms in total. The van der Waals surface area contributed by atoms with Gasteiger partial charge in [0.15, 0.2) is 11.5 Å². The zero-order valence-corrected chi connectivity index (χ0v) is 12.8. The summed E-state index contributed by atoms with van der Waals surface area (Å²) in [6.45, 7) is 0.0948. The van der Waals surface area contributed by atoms with Crippen LogP contribution in [0.1, 0.15) is 0 Å². The summed E-state index contributed by atoms with van der Waals surface area (Å²) in [6.07, 6.45) is 0. The Morgan fingerprint density at radius 1 is 1.09 bits per heavy atom. The fraction of sp³-hybridized carbons (Fsp3) is 0.143. The van der Waals surface area contributed by atoms with Crippen molar-refractivity contribution in [3.05, 3.63) is 52.6 Å². The summed E-state index contributed by atoms with van der Waals surface area (Å²) >= 11 is 0. The van der Waals surface area contributed by atoms with Gasteiger partial charge in [-0.25, -0.2) is 8.42 Å². The van der Waals surface area contributed by atoms with Crippen LogP contribution in [0, 0.1) is 10.1 Å². The maximum Gasteiger partial charge on any atom is 0.269 e. The van der Waals surface area contributed by atoms with Gasteiger partial charge in [-0.1, -0.05) is 0 Å². The van der Waals surface area contributed by atoms with E-state index in [1.807, 2.05) is 0 Å². The Hall–Kier alpha value is -2.81. The summed E-state index contributed by atoms with van der Waals surface area (Å²) in [5, 5.41) is 10.6.